The molecule has 2 rings (SSSR count). The molecule has 0 N–H and O–H groups in total. The number of hydrogen-bond acceptors (Lipinski definition) is 3. The van der Waals surface area contributed by atoms with Crippen LogP contribution in [0.5, 0.6) is 0 Å². The monoisotopic (exact) mass is 305 g/mol. The quantitative estimate of drug-likeness (QED) is 0.728. The summed E-state index contributed by atoms with van der Waals surface area (Å²) in [6.07, 6.45) is 2.41. The van der Waals surface area contributed by atoms with Gasteiger partial charge in [-0.3, -0.25) is 9.69 Å². The van der Waals surface area contributed by atoms with Crippen LogP contribution < -0.4 is 0 Å². The van der Waals surface area contributed by atoms with Gasteiger partial charge < -0.3 is 0 Å². The Morgan fingerprint density at radius 2 is 2.17 bits per heavy atom. The molecule has 2 nitrogen and oxygen atoms in total. The number of hydrogen-bond donors (Lipinski definition) is 0. The third-order valence-electron chi connectivity index (χ3n) is 2.97. The maximum Gasteiger partial charge on any atom is 0.179 e. The van der Waals surface area contributed by atoms with Crippen LogP contribution in [0.3, 0.4) is 0 Å². The number of carbonyl (C=O) groups is 1. The van der Waals surface area contributed by atoms with Gasteiger partial charge in [0.1, 0.15) is 4.34 Å². The average molecular weight is 306 g/mol. The van der Waals surface area contributed by atoms with E-state index in [1.165, 1.54) is 24.2 Å². The van der Waals surface area contributed by atoms with Crippen molar-refractivity contribution in [3.63, 3.8) is 0 Å². The van der Waals surface area contributed by atoms with E-state index in [4.69, 9.17) is 23.2 Å². The Hall–Kier alpha value is -0.0900. The first-order valence-corrected chi connectivity index (χ1v) is 7.76. The molecular weight excluding hydrogens is 289 g/mol. The van der Waals surface area contributed by atoms with Crippen molar-refractivity contribution < 1.29 is 4.79 Å². The molecular formula is C13H17Cl2NOS. The Balaban J connectivity index is 2.02. The van der Waals surface area contributed by atoms with E-state index < -0.39 is 0 Å². The predicted octanol–water partition coefficient (Wildman–Crippen LogP) is 4.36. The Bertz CT molecular complexity index is 440. The van der Waals surface area contributed by atoms with Crippen molar-refractivity contribution in [1.82, 2.24) is 4.90 Å². The van der Waals surface area contributed by atoms with Gasteiger partial charge in [-0.15, -0.1) is 11.3 Å². The summed E-state index contributed by atoms with van der Waals surface area (Å²) in [5, 5.41) is 0. The molecule has 0 saturated heterocycles. The minimum Gasteiger partial charge on any atom is -0.293 e. The molecule has 1 saturated carbocycles. The first kappa shape index (κ1) is 14.3. The van der Waals surface area contributed by atoms with E-state index in [1.807, 2.05) is 0 Å². The summed E-state index contributed by atoms with van der Waals surface area (Å²) in [4.78, 5) is 14.5. The molecule has 0 aromatic carbocycles. The maximum absolute atomic E-state index is 12.2. The summed E-state index contributed by atoms with van der Waals surface area (Å²) in [6, 6.07) is 2.27. The summed E-state index contributed by atoms with van der Waals surface area (Å²) >= 11 is 13.1. The molecule has 0 amide bonds. The van der Waals surface area contributed by atoms with E-state index in [0.29, 0.717) is 32.7 Å². The topological polar surface area (TPSA) is 20.3 Å². The normalized spacial score (nSPS) is 15.7. The Morgan fingerprint density at radius 1 is 1.50 bits per heavy atom. The van der Waals surface area contributed by atoms with Crippen LogP contribution in [0.2, 0.25) is 8.67 Å². The zero-order valence-corrected chi connectivity index (χ0v) is 12.9. The van der Waals surface area contributed by atoms with Crippen molar-refractivity contribution in [2.24, 2.45) is 5.92 Å². The summed E-state index contributed by atoms with van der Waals surface area (Å²) in [6.45, 7) is 5.77. The predicted molar refractivity (Wildman–Crippen MR) is 78.1 cm³/mol. The number of carbonyl (C=O) groups excluding carboxylic acids is 1. The average Bonchev–Trinajstić information content (AvgIpc) is 3.03. The summed E-state index contributed by atoms with van der Waals surface area (Å²) in [5.74, 6) is 0.649. The maximum atomic E-state index is 12.2. The molecule has 1 aromatic heterocycles. The first-order valence-electron chi connectivity index (χ1n) is 6.19. The van der Waals surface area contributed by atoms with Crippen molar-refractivity contribution in [3.8, 4) is 0 Å². The van der Waals surface area contributed by atoms with Crippen LogP contribution in [-0.2, 0) is 0 Å². The molecule has 1 aliphatic carbocycles. The molecule has 0 bridgehead atoms. The lowest BCUT2D eigenvalue weighted by Crippen LogP contribution is -2.34. The molecule has 1 aromatic rings. The van der Waals surface area contributed by atoms with Gasteiger partial charge in [-0.1, -0.05) is 37.0 Å². The smallest absolute Gasteiger partial charge is 0.179 e. The number of thiophene rings is 1. The van der Waals surface area contributed by atoms with Gasteiger partial charge >= 0.3 is 0 Å². The number of ketones is 1. The number of nitrogens with zero attached hydrogens (tertiary/aromatic N) is 1. The second kappa shape index (κ2) is 5.91. The van der Waals surface area contributed by atoms with Gasteiger partial charge in [-0.2, -0.15) is 0 Å². The van der Waals surface area contributed by atoms with E-state index in [9.17, 15) is 4.79 Å². The fourth-order valence-electron chi connectivity index (χ4n) is 2.05. The van der Waals surface area contributed by atoms with E-state index in [-0.39, 0.29) is 5.78 Å². The van der Waals surface area contributed by atoms with Crippen LogP contribution in [0.15, 0.2) is 6.07 Å². The fourth-order valence-corrected chi connectivity index (χ4v) is 3.55. The highest BCUT2D eigenvalue weighted by Gasteiger charge is 2.31. The summed E-state index contributed by atoms with van der Waals surface area (Å²) in [5.41, 5.74) is 0.570. The molecule has 5 heteroatoms. The largest absolute Gasteiger partial charge is 0.293 e. The molecule has 0 unspecified atom stereocenters. The summed E-state index contributed by atoms with van der Waals surface area (Å²) in [7, 11) is 0. The molecule has 0 atom stereocenters. The van der Waals surface area contributed by atoms with Gasteiger partial charge in [-0.25, -0.2) is 0 Å². The van der Waals surface area contributed by atoms with Crippen LogP contribution >= 0.6 is 34.5 Å². The Kier molecular flexibility index (Phi) is 4.70. The lowest BCUT2D eigenvalue weighted by Gasteiger charge is -2.23. The molecule has 0 aliphatic heterocycles. The summed E-state index contributed by atoms with van der Waals surface area (Å²) < 4.78 is 1.08. The van der Waals surface area contributed by atoms with Crippen LogP contribution in [0.25, 0.3) is 0 Å². The molecule has 18 heavy (non-hydrogen) atoms. The van der Waals surface area contributed by atoms with Crippen molar-refractivity contribution in [1.29, 1.82) is 0 Å². The van der Waals surface area contributed by atoms with Gasteiger partial charge in [0, 0.05) is 12.6 Å². The second-order valence-corrected chi connectivity index (χ2v) is 7.50. The van der Waals surface area contributed by atoms with Gasteiger partial charge in [-0.05, 0) is 24.8 Å². The van der Waals surface area contributed by atoms with Crippen LogP contribution in [0, 0.1) is 5.92 Å². The molecule has 100 valence electrons. The highest BCUT2D eigenvalue weighted by atomic mass is 35.5. The standard InChI is InChI=1S/C13H17Cl2NOS/c1-8(2)6-16(9-3-4-9)7-11(17)10-5-12(14)18-13(10)15/h5,8-9H,3-4,6-7H2,1-2H3. The van der Waals surface area contributed by atoms with E-state index in [2.05, 4.69) is 18.7 Å². The minimum absolute atomic E-state index is 0.0794. The van der Waals surface area contributed by atoms with Crippen molar-refractivity contribution in [2.45, 2.75) is 32.7 Å². The first-order chi connectivity index (χ1) is 8.47. The van der Waals surface area contributed by atoms with E-state index in [0.717, 1.165) is 6.54 Å². The number of Topliss-reactive ketones (excluding diaryl/α,β-unsaturated/α-hetero) is 1. The van der Waals surface area contributed by atoms with Gasteiger partial charge in [0.15, 0.2) is 5.78 Å². The molecule has 1 heterocycles. The van der Waals surface area contributed by atoms with Crippen LogP contribution in [0.4, 0.5) is 0 Å². The Labute approximate surface area is 122 Å². The van der Waals surface area contributed by atoms with Crippen LogP contribution in [-0.4, -0.2) is 29.8 Å². The van der Waals surface area contributed by atoms with Crippen molar-refractivity contribution >= 4 is 40.3 Å². The lowest BCUT2D eigenvalue weighted by molar-refractivity contribution is 0.0916. The van der Waals surface area contributed by atoms with Crippen molar-refractivity contribution in [2.75, 3.05) is 13.1 Å². The second-order valence-electron chi connectivity index (χ2n) is 5.22. The third-order valence-corrected chi connectivity index (χ3v) is 4.45. The van der Waals surface area contributed by atoms with Gasteiger partial charge in [0.05, 0.1) is 16.4 Å². The van der Waals surface area contributed by atoms with Gasteiger partial charge in [0.2, 0.25) is 0 Å². The number of halogens is 2. The SMILES string of the molecule is CC(C)CN(CC(=O)c1cc(Cl)sc1Cl)C1CC1. The molecule has 0 spiro atoms. The lowest BCUT2D eigenvalue weighted by atomic mass is 10.1. The highest BCUT2D eigenvalue weighted by Crippen LogP contribution is 2.33. The van der Waals surface area contributed by atoms with E-state index in [1.54, 1.807) is 6.07 Å². The van der Waals surface area contributed by atoms with Crippen molar-refractivity contribution in [3.05, 3.63) is 20.3 Å². The Morgan fingerprint density at radius 3 is 2.61 bits per heavy atom. The highest BCUT2D eigenvalue weighted by molar-refractivity contribution is 7.20. The number of rotatable bonds is 6. The third kappa shape index (κ3) is 3.70. The molecule has 1 fully saturated rings. The van der Waals surface area contributed by atoms with Gasteiger partial charge in [0.25, 0.3) is 0 Å². The zero-order chi connectivity index (χ0) is 13.3. The fraction of sp³-hybridized carbons (Fsp3) is 0.615. The minimum atomic E-state index is 0.0794. The van der Waals surface area contributed by atoms with Crippen LogP contribution in [0.1, 0.15) is 37.0 Å². The van der Waals surface area contributed by atoms with E-state index >= 15 is 0 Å². The zero-order valence-electron chi connectivity index (χ0n) is 10.6. The molecule has 1 aliphatic rings. The molecule has 0 radical (unpaired) electrons.